The van der Waals surface area contributed by atoms with Crippen molar-refractivity contribution < 1.29 is 5.11 Å². The monoisotopic (exact) mass is 271 g/mol. The quantitative estimate of drug-likeness (QED) is 0.795. The predicted octanol–water partition coefficient (Wildman–Crippen LogP) is 2.61. The van der Waals surface area contributed by atoms with E-state index in [9.17, 15) is 5.11 Å². The molecule has 4 nitrogen and oxygen atoms in total. The number of imidazole rings is 1. The molecule has 0 saturated carbocycles. The molecule has 0 unspecified atom stereocenters. The molecule has 3 rings (SSSR count). The molecule has 19 heavy (non-hydrogen) atoms. The van der Waals surface area contributed by atoms with Crippen molar-refractivity contribution in [2.75, 3.05) is 0 Å². The van der Waals surface area contributed by atoms with E-state index >= 15 is 0 Å². The lowest BCUT2D eigenvalue weighted by atomic mass is 10.2. The van der Waals surface area contributed by atoms with Crippen LogP contribution in [0.1, 0.15) is 5.56 Å². The molecule has 0 amide bonds. The zero-order valence-corrected chi connectivity index (χ0v) is 11.3. The number of benzene rings is 1. The van der Waals surface area contributed by atoms with Crippen LogP contribution in [-0.2, 0) is 13.7 Å². The van der Waals surface area contributed by atoms with Crippen molar-refractivity contribution in [3.8, 4) is 0 Å². The molecule has 0 atom stereocenters. The highest BCUT2D eigenvalue weighted by molar-refractivity contribution is 7.99. The van der Waals surface area contributed by atoms with Crippen molar-refractivity contribution in [3.63, 3.8) is 0 Å². The van der Waals surface area contributed by atoms with Gasteiger partial charge < -0.3 is 9.67 Å². The highest BCUT2D eigenvalue weighted by Gasteiger charge is 2.10. The number of rotatable bonds is 3. The molecule has 0 aliphatic carbocycles. The largest absolute Gasteiger partial charge is 0.392 e. The van der Waals surface area contributed by atoms with Gasteiger partial charge in [-0.15, -0.1) is 0 Å². The topological polar surface area (TPSA) is 50.9 Å². The van der Waals surface area contributed by atoms with Crippen LogP contribution >= 0.6 is 11.8 Å². The fraction of sp³-hybridized carbons (Fsp3) is 0.143. The predicted molar refractivity (Wildman–Crippen MR) is 75.0 cm³/mol. The smallest absolute Gasteiger partial charge is 0.174 e. The number of hydrogen-bond acceptors (Lipinski definition) is 4. The number of aliphatic hydroxyl groups excluding tert-OH is 1. The second kappa shape index (κ2) is 5.03. The van der Waals surface area contributed by atoms with Crippen molar-refractivity contribution in [2.45, 2.75) is 16.8 Å². The maximum atomic E-state index is 9.50. The van der Waals surface area contributed by atoms with Crippen LogP contribution in [0, 0.1) is 0 Å². The van der Waals surface area contributed by atoms with Gasteiger partial charge in [0.1, 0.15) is 5.03 Å². The maximum absolute atomic E-state index is 9.50. The van der Waals surface area contributed by atoms with E-state index in [4.69, 9.17) is 0 Å². The summed E-state index contributed by atoms with van der Waals surface area (Å²) in [6, 6.07) is 9.88. The lowest BCUT2D eigenvalue weighted by molar-refractivity contribution is 0.278. The molecular formula is C14H13N3OS. The Bertz CT molecular complexity index is 724. The number of para-hydroxylation sites is 1. The summed E-state index contributed by atoms with van der Waals surface area (Å²) < 4.78 is 1.93. The van der Waals surface area contributed by atoms with Gasteiger partial charge in [-0.25, -0.2) is 9.97 Å². The average molecular weight is 271 g/mol. The minimum atomic E-state index is -0.0232. The maximum Gasteiger partial charge on any atom is 0.174 e. The molecule has 2 aromatic heterocycles. The molecular weight excluding hydrogens is 258 g/mol. The molecule has 0 saturated heterocycles. The Morgan fingerprint density at radius 1 is 1.32 bits per heavy atom. The molecule has 0 aliphatic rings. The Balaban J connectivity index is 2.09. The van der Waals surface area contributed by atoms with Crippen LogP contribution in [0.5, 0.6) is 0 Å². The first kappa shape index (κ1) is 12.2. The van der Waals surface area contributed by atoms with Crippen LogP contribution in [0.3, 0.4) is 0 Å². The second-order valence-corrected chi connectivity index (χ2v) is 5.18. The van der Waals surface area contributed by atoms with E-state index in [2.05, 4.69) is 9.97 Å². The first-order valence-corrected chi connectivity index (χ1v) is 6.74. The number of aliphatic hydroxyl groups is 1. The zero-order chi connectivity index (χ0) is 13.2. The first-order chi connectivity index (χ1) is 9.28. The summed E-state index contributed by atoms with van der Waals surface area (Å²) in [6.07, 6.45) is 3.64. The summed E-state index contributed by atoms with van der Waals surface area (Å²) in [5.41, 5.74) is 1.75. The summed E-state index contributed by atoms with van der Waals surface area (Å²) in [6.45, 7) is -0.0232. The fourth-order valence-corrected chi connectivity index (χ4v) is 2.77. The third kappa shape index (κ3) is 2.34. The van der Waals surface area contributed by atoms with Crippen LogP contribution < -0.4 is 0 Å². The summed E-state index contributed by atoms with van der Waals surface area (Å²) in [5.74, 6) is 0. The van der Waals surface area contributed by atoms with Crippen molar-refractivity contribution >= 4 is 22.7 Å². The van der Waals surface area contributed by atoms with E-state index in [0.29, 0.717) is 0 Å². The third-order valence-electron chi connectivity index (χ3n) is 2.90. The Labute approximate surface area is 115 Å². The van der Waals surface area contributed by atoms with Crippen LogP contribution in [0.15, 0.2) is 52.9 Å². The minimum absolute atomic E-state index is 0.0232. The molecule has 0 fully saturated rings. The summed E-state index contributed by atoms with van der Waals surface area (Å²) >= 11 is 1.47. The van der Waals surface area contributed by atoms with Crippen molar-refractivity contribution in [3.05, 3.63) is 48.3 Å². The van der Waals surface area contributed by atoms with E-state index < -0.39 is 0 Å². The number of aryl methyl sites for hydroxylation is 1. The van der Waals surface area contributed by atoms with Gasteiger partial charge in [0.15, 0.2) is 5.16 Å². The first-order valence-electron chi connectivity index (χ1n) is 5.92. The Kier molecular flexibility index (Phi) is 3.23. The van der Waals surface area contributed by atoms with Crippen molar-refractivity contribution in [1.82, 2.24) is 14.5 Å². The lowest BCUT2D eigenvalue weighted by Crippen LogP contribution is -1.95. The number of nitrogens with zero attached hydrogens (tertiary/aromatic N) is 3. The summed E-state index contributed by atoms with van der Waals surface area (Å²) in [5, 5.41) is 12.2. The van der Waals surface area contributed by atoms with Gasteiger partial charge in [-0.2, -0.15) is 0 Å². The normalized spacial score (nSPS) is 11.1. The lowest BCUT2D eigenvalue weighted by Gasteiger charge is -2.08. The van der Waals surface area contributed by atoms with Gasteiger partial charge in [-0.05, 0) is 23.9 Å². The molecule has 0 spiro atoms. The van der Waals surface area contributed by atoms with Gasteiger partial charge in [0.05, 0.1) is 12.1 Å². The van der Waals surface area contributed by atoms with E-state index in [1.165, 1.54) is 11.8 Å². The SMILES string of the molecule is Cn1ccnc1Sc1nc2ccccc2cc1CO. The van der Waals surface area contributed by atoms with Gasteiger partial charge >= 0.3 is 0 Å². The van der Waals surface area contributed by atoms with E-state index in [0.717, 1.165) is 26.6 Å². The van der Waals surface area contributed by atoms with Crippen LogP contribution in [0.25, 0.3) is 10.9 Å². The summed E-state index contributed by atoms with van der Waals surface area (Å²) in [4.78, 5) is 8.88. The van der Waals surface area contributed by atoms with Gasteiger partial charge in [0.25, 0.3) is 0 Å². The molecule has 1 N–H and O–H groups in total. The third-order valence-corrected chi connectivity index (χ3v) is 4.02. The highest BCUT2D eigenvalue weighted by atomic mass is 32.2. The Morgan fingerprint density at radius 2 is 2.16 bits per heavy atom. The fourth-order valence-electron chi connectivity index (χ4n) is 1.88. The Morgan fingerprint density at radius 3 is 2.89 bits per heavy atom. The number of fused-ring (bicyclic) bond motifs is 1. The molecule has 0 radical (unpaired) electrons. The summed E-state index contributed by atoms with van der Waals surface area (Å²) in [7, 11) is 1.94. The second-order valence-electron chi connectivity index (χ2n) is 4.23. The average Bonchev–Trinajstić information content (AvgIpc) is 2.83. The van der Waals surface area contributed by atoms with Crippen molar-refractivity contribution in [1.29, 1.82) is 0 Å². The Hall–Kier alpha value is -1.85. The van der Waals surface area contributed by atoms with E-state index in [-0.39, 0.29) is 6.61 Å². The molecule has 1 aromatic carbocycles. The molecule has 3 aromatic rings. The zero-order valence-electron chi connectivity index (χ0n) is 10.4. The van der Waals surface area contributed by atoms with Gasteiger partial charge in [0.2, 0.25) is 0 Å². The van der Waals surface area contributed by atoms with Gasteiger partial charge in [0, 0.05) is 30.4 Å². The molecule has 0 bridgehead atoms. The van der Waals surface area contributed by atoms with Crippen LogP contribution in [0.4, 0.5) is 0 Å². The number of aromatic nitrogens is 3. The van der Waals surface area contributed by atoms with Gasteiger partial charge in [-0.1, -0.05) is 18.2 Å². The number of pyridine rings is 1. The van der Waals surface area contributed by atoms with Crippen molar-refractivity contribution in [2.24, 2.45) is 7.05 Å². The van der Waals surface area contributed by atoms with E-state index in [1.807, 2.05) is 48.1 Å². The van der Waals surface area contributed by atoms with Crippen LogP contribution in [0.2, 0.25) is 0 Å². The molecule has 96 valence electrons. The minimum Gasteiger partial charge on any atom is -0.392 e. The molecule has 0 aliphatic heterocycles. The molecule has 2 heterocycles. The van der Waals surface area contributed by atoms with Crippen LogP contribution in [-0.4, -0.2) is 19.6 Å². The molecule has 5 heteroatoms. The number of hydrogen-bond donors (Lipinski definition) is 1. The standard InChI is InChI=1S/C14H13N3OS/c1-17-7-6-15-14(17)19-13-11(9-18)8-10-4-2-3-5-12(10)16-13/h2-8,18H,9H2,1H3. The van der Waals surface area contributed by atoms with E-state index in [1.54, 1.807) is 6.20 Å². The van der Waals surface area contributed by atoms with Gasteiger partial charge in [-0.3, -0.25) is 0 Å². The highest BCUT2D eigenvalue weighted by Crippen LogP contribution is 2.29.